The summed E-state index contributed by atoms with van der Waals surface area (Å²) in [6.45, 7) is 2.10. The van der Waals surface area contributed by atoms with Crippen LogP contribution in [0, 0.1) is 6.92 Å². The molecule has 0 aliphatic heterocycles. The number of anilines is 2. The highest BCUT2D eigenvalue weighted by Gasteiger charge is 2.12. The Labute approximate surface area is 125 Å². The maximum absolute atomic E-state index is 6.27. The number of aryl methyl sites for hydroxylation is 1. The Balaban J connectivity index is 2.29. The zero-order chi connectivity index (χ0) is 14.8. The van der Waals surface area contributed by atoms with Crippen molar-refractivity contribution in [3.63, 3.8) is 0 Å². The smallest absolute Gasteiger partial charge is 0.0400 e. The molecule has 104 valence electrons. The van der Waals surface area contributed by atoms with Gasteiger partial charge in [0.25, 0.3) is 0 Å². The first-order valence-electron chi connectivity index (χ1n) is 6.97. The maximum Gasteiger partial charge on any atom is 0.0400 e. The third kappa shape index (κ3) is 2.48. The minimum Gasteiger partial charge on any atom is -0.399 e. The fraction of sp³-hybridized carbons (Fsp3) is 0.0526. The van der Waals surface area contributed by atoms with Crippen LogP contribution >= 0.6 is 0 Å². The van der Waals surface area contributed by atoms with Crippen LogP contribution in [0.5, 0.6) is 0 Å². The molecule has 0 bridgehead atoms. The summed E-state index contributed by atoms with van der Waals surface area (Å²) in [5.74, 6) is 0. The first kappa shape index (κ1) is 13.3. The van der Waals surface area contributed by atoms with E-state index in [1.54, 1.807) is 0 Å². The summed E-state index contributed by atoms with van der Waals surface area (Å²) in [6.07, 6.45) is 0. The van der Waals surface area contributed by atoms with E-state index in [0.29, 0.717) is 0 Å². The molecule has 2 heteroatoms. The van der Waals surface area contributed by atoms with E-state index in [9.17, 15) is 0 Å². The first-order chi connectivity index (χ1) is 10.2. The first-order valence-corrected chi connectivity index (χ1v) is 6.97. The van der Waals surface area contributed by atoms with Crippen molar-refractivity contribution in [1.82, 2.24) is 0 Å². The van der Waals surface area contributed by atoms with Crippen molar-refractivity contribution in [1.29, 1.82) is 0 Å². The van der Waals surface area contributed by atoms with Crippen LogP contribution in [0.1, 0.15) is 5.56 Å². The topological polar surface area (TPSA) is 52.0 Å². The van der Waals surface area contributed by atoms with Gasteiger partial charge in [0.15, 0.2) is 0 Å². The molecule has 3 aromatic rings. The van der Waals surface area contributed by atoms with Gasteiger partial charge in [-0.1, -0.05) is 48.5 Å². The SMILES string of the molecule is Cc1ccccc1-c1c(N)cccc1-c1cccc(N)c1. The summed E-state index contributed by atoms with van der Waals surface area (Å²) < 4.78 is 0. The zero-order valence-corrected chi connectivity index (χ0v) is 12.0. The lowest BCUT2D eigenvalue weighted by molar-refractivity contribution is 1.45. The van der Waals surface area contributed by atoms with Crippen molar-refractivity contribution >= 4 is 11.4 Å². The lowest BCUT2D eigenvalue weighted by atomic mass is 9.91. The van der Waals surface area contributed by atoms with Gasteiger partial charge in [0.2, 0.25) is 0 Å². The Kier molecular flexibility index (Phi) is 3.36. The predicted molar refractivity (Wildman–Crippen MR) is 90.9 cm³/mol. The number of benzene rings is 3. The van der Waals surface area contributed by atoms with Gasteiger partial charge >= 0.3 is 0 Å². The van der Waals surface area contributed by atoms with Crippen LogP contribution < -0.4 is 11.5 Å². The standard InChI is InChI=1S/C19H18N2/c1-13-6-2-3-9-16(13)19-17(10-5-11-18(19)21)14-7-4-8-15(20)12-14/h2-12H,20-21H2,1H3. The van der Waals surface area contributed by atoms with Gasteiger partial charge in [-0.2, -0.15) is 0 Å². The Morgan fingerprint density at radius 2 is 1.43 bits per heavy atom. The fourth-order valence-corrected chi connectivity index (χ4v) is 2.67. The molecule has 0 amide bonds. The average Bonchev–Trinajstić information content (AvgIpc) is 2.48. The van der Waals surface area contributed by atoms with E-state index in [-0.39, 0.29) is 0 Å². The van der Waals surface area contributed by atoms with Crippen molar-refractivity contribution in [3.8, 4) is 22.3 Å². The van der Waals surface area contributed by atoms with E-state index in [1.165, 1.54) is 5.56 Å². The van der Waals surface area contributed by atoms with Gasteiger partial charge in [0.05, 0.1) is 0 Å². The summed E-state index contributed by atoms with van der Waals surface area (Å²) in [6, 6.07) is 22.2. The molecule has 21 heavy (non-hydrogen) atoms. The van der Waals surface area contributed by atoms with Crippen LogP contribution in [-0.4, -0.2) is 0 Å². The molecule has 0 aromatic heterocycles. The number of hydrogen-bond donors (Lipinski definition) is 2. The van der Waals surface area contributed by atoms with Crippen molar-refractivity contribution in [2.45, 2.75) is 6.92 Å². The van der Waals surface area contributed by atoms with Crippen molar-refractivity contribution in [2.75, 3.05) is 11.5 Å². The molecular weight excluding hydrogens is 256 g/mol. The monoisotopic (exact) mass is 274 g/mol. The third-order valence-corrected chi connectivity index (χ3v) is 3.71. The number of hydrogen-bond acceptors (Lipinski definition) is 2. The van der Waals surface area contributed by atoms with E-state index in [4.69, 9.17) is 11.5 Å². The van der Waals surface area contributed by atoms with Crippen LogP contribution in [-0.2, 0) is 0 Å². The largest absolute Gasteiger partial charge is 0.399 e. The number of rotatable bonds is 2. The molecule has 0 radical (unpaired) electrons. The van der Waals surface area contributed by atoms with E-state index < -0.39 is 0 Å². The molecule has 0 unspecified atom stereocenters. The van der Waals surface area contributed by atoms with Gasteiger partial charge in [-0.3, -0.25) is 0 Å². The van der Waals surface area contributed by atoms with Gasteiger partial charge in [-0.25, -0.2) is 0 Å². The lowest BCUT2D eigenvalue weighted by Gasteiger charge is -2.15. The van der Waals surface area contributed by atoms with E-state index >= 15 is 0 Å². The van der Waals surface area contributed by atoms with Crippen LogP contribution in [0.25, 0.3) is 22.3 Å². The molecule has 4 N–H and O–H groups in total. The highest BCUT2D eigenvalue weighted by Crippen LogP contribution is 2.38. The van der Waals surface area contributed by atoms with Crippen molar-refractivity contribution in [3.05, 3.63) is 72.3 Å². The molecule has 0 heterocycles. The average molecular weight is 274 g/mol. The van der Waals surface area contributed by atoms with Crippen LogP contribution in [0.3, 0.4) is 0 Å². The van der Waals surface area contributed by atoms with Crippen molar-refractivity contribution < 1.29 is 0 Å². The quantitative estimate of drug-likeness (QED) is 0.676. The normalized spacial score (nSPS) is 10.5. The van der Waals surface area contributed by atoms with Gasteiger partial charge < -0.3 is 11.5 Å². The zero-order valence-electron chi connectivity index (χ0n) is 12.0. The summed E-state index contributed by atoms with van der Waals surface area (Å²) in [7, 11) is 0. The molecule has 0 aliphatic rings. The second kappa shape index (κ2) is 5.33. The predicted octanol–water partition coefficient (Wildman–Crippen LogP) is 4.49. The Morgan fingerprint density at radius 1 is 0.714 bits per heavy atom. The molecule has 3 aromatic carbocycles. The van der Waals surface area contributed by atoms with Gasteiger partial charge in [0, 0.05) is 16.9 Å². The van der Waals surface area contributed by atoms with E-state index in [1.807, 2.05) is 42.5 Å². The number of nitrogens with two attached hydrogens (primary N) is 2. The molecule has 2 nitrogen and oxygen atoms in total. The molecule has 0 aliphatic carbocycles. The highest BCUT2D eigenvalue weighted by molar-refractivity contribution is 5.92. The second-order valence-corrected chi connectivity index (χ2v) is 5.21. The lowest BCUT2D eigenvalue weighted by Crippen LogP contribution is -1.95. The fourth-order valence-electron chi connectivity index (χ4n) is 2.67. The minimum atomic E-state index is 0.755. The molecule has 0 atom stereocenters. The van der Waals surface area contributed by atoms with Crippen LogP contribution in [0.2, 0.25) is 0 Å². The summed E-state index contributed by atoms with van der Waals surface area (Å²) in [4.78, 5) is 0. The van der Waals surface area contributed by atoms with Crippen LogP contribution in [0.15, 0.2) is 66.7 Å². The third-order valence-electron chi connectivity index (χ3n) is 3.71. The van der Waals surface area contributed by atoms with Gasteiger partial charge in [0.1, 0.15) is 0 Å². The Morgan fingerprint density at radius 3 is 2.19 bits per heavy atom. The maximum atomic E-state index is 6.27. The number of nitrogen functional groups attached to an aromatic ring is 2. The molecule has 0 fully saturated rings. The molecule has 0 spiro atoms. The van der Waals surface area contributed by atoms with Gasteiger partial charge in [-0.05, 0) is 47.4 Å². The second-order valence-electron chi connectivity index (χ2n) is 5.21. The van der Waals surface area contributed by atoms with Crippen LogP contribution in [0.4, 0.5) is 11.4 Å². The highest BCUT2D eigenvalue weighted by atomic mass is 14.6. The summed E-state index contributed by atoms with van der Waals surface area (Å²) in [5.41, 5.74) is 19.4. The molecule has 0 saturated carbocycles. The molecule has 3 rings (SSSR count). The van der Waals surface area contributed by atoms with E-state index in [2.05, 4.69) is 31.2 Å². The molecule has 0 saturated heterocycles. The Bertz CT molecular complexity index is 791. The van der Waals surface area contributed by atoms with Gasteiger partial charge in [-0.15, -0.1) is 0 Å². The summed E-state index contributed by atoms with van der Waals surface area (Å²) >= 11 is 0. The minimum absolute atomic E-state index is 0.755. The van der Waals surface area contributed by atoms with Crippen molar-refractivity contribution in [2.24, 2.45) is 0 Å². The summed E-state index contributed by atoms with van der Waals surface area (Å²) in [5, 5.41) is 0. The van der Waals surface area contributed by atoms with E-state index in [0.717, 1.165) is 33.6 Å². The molecular formula is C19H18N2. The Hall–Kier alpha value is -2.74.